The number of hydrogen-bond donors (Lipinski definition) is 0. The Morgan fingerprint density at radius 3 is 2.67 bits per heavy atom. The first-order valence-electron chi connectivity index (χ1n) is 5.66. The maximum atomic E-state index is 11.4. The van der Waals surface area contributed by atoms with Gasteiger partial charge in [0.1, 0.15) is 6.07 Å². The fraction of sp³-hybridized carbons (Fsp3) is 0.0667. The minimum absolute atomic E-state index is 0.0215. The summed E-state index contributed by atoms with van der Waals surface area (Å²) >= 11 is 0. The summed E-state index contributed by atoms with van der Waals surface area (Å²) in [5.74, 6) is 0.0215. The third-order valence-electron chi connectivity index (χ3n) is 3.16. The minimum atomic E-state index is 0.0215. The van der Waals surface area contributed by atoms with Crippen LogP contribution in [-0.2, 0) is 0 Å². The van der Waals surface area contributed by atoms with Crippen molar-refractivity contribution in [2.75, 3.05) is 0 Å². The van der Waals surface area contributed by atoms with Crippen LogP contribution in [0.25, 0.3) is 16.4 Å². The highest BCUT2D eigenvalue weighted by molar-refractivity contribution is 5.98. The van der Waals surface area contributed by atoms with Crippen LogP contribution in [0.15, 0.2) is 42.6 Å². The van der Waals surface area contributed by atoms with Crippen molar-refractivity contribution in [3.8, 4) is 6.07 Å². The lowest BCUT2D eigenvalue weighted by Gasteiger charge is -2.00. The monoisotopic (exact) mass is 234 g/mol. The SMILES string of the molecule is CC(=O)c1ccc2c(C#N)c3ccccc3n2c1. The normalized spacial score (nSPS) is 10.7. The Labute approximate surface area is 104 Å². The molecule has 0 atom stereocenters. The molecule has 0 aliphatic carbocycles. The highest BCUT2D eigenvalue weighted by Gasteiger charge is 2.11. The second-order valence-electron chi connectivity index (χ2n) is 4.23. The Morgan fingerprint density at radius 1 is 1.17 bits per heavy atom. The fourth-order valence-electron chi connectivity index (χ4n) is 2.26. The van der Waals surface area contributed by atoms with Gasteiger partial charge in [0, 0.05) is 17.1 Å². The highest BCUT2D eigenvalue weighted by Crippen LogP contribution is 2.26. The van der Waals surface area contributed by atoms with Crippen LogP contribution in [0.4, 0.5) is 0 Å². The van der Waals surface area contributed by atoms with Gasteiger partial charge in [0.25, 0.3) is 0 Å². The van der Waals surface area contributed by atoms with Gasteiger partial charge in [-0.3, -0.25) is 4.79 Å². The Kier molecular flexibility index (Phi) is 2.17. The van der Waals surface area contributed by atoms with Gasteiger partial charge in [-0.1, -0.05) is 18.2 Å². The summed E-state index contributed by atoms with van der Waals surface area (Å²) in [6, 6.07) is 13.5. The van der Waals surface area contributed by atoms with Gasteiger partial charge in [0.05, 0.1) is 16.6 Å². The quantitative estimate of drug-likeness (QED) is 0.607. The number of para-hydroxylation sites is 1. The summed E-state index contributed by atoms with van der Waals surface area (Å²) in [5.41, 5.74) is 3.09. The van der Waals surface area contributed by atoms with Gasteiger partial charge in [-0.2, -0.15) is 5.26 Å². The zero-order valence-corrected chi connectivity index (χ0v) is 9.84. The summed E-state index contributed by atoms with van der Waals surface area (Å²) in [6.45, 7) is 1.54. The summed E-state index contributed by atoms with van der Waals surface area (Å²) in [5, 5.41) is 10.2. The number of rotatable bonds is 1. The second kappa shape index (κ2) is 3.71. The zero-order chi connectivity index (χ0) is 12.7. The number of pyridine rings is 1. The molecule has 3 heteroatoms. The molecule has 0 unspecified atom stereocenters. The number of nitriles is 1. The van der Waals surface area contributed by atoms with Crippen LogP contribution in [0, 0.1) is 11.3 Å². The number of carbonyl (C=O) groups is 1. The van der Waals surface area contributed by atoms with Gasteiger partial charge in [0.2, 0.25) is 0 Å². The average molecular weight is 234 g/mol. The van der Waals surface area contributed by atoms with Crippen molar-refractivity contribution in [1.29, 1.82) is 5.26 Å². The molecule has 0 aliphatic heterocycles. The van der Waals surface area contributed by atoms with E-state index in [4.69, 9.17) is 0 Å². The second-order valence-corrected chi connectivity index (χ2v) is 4.23. The fourth-order valence-corrected chi connectivity index (χ4v) is 2.26. The molecule has 0 radical (unpaired) electrons. The molecule has 0 N–H and O–H groups in total. The Bertz CT molecular complexity index is 821. The molecule has 0 saturated carbocycles. The highest BCUT2D eigenvalue weighted by atomic mass is 16.1. The Hall–Kier alpha value is -2.60. The predicted molar refractivity (Wildman–Crippen MR) is 69.6 cm³/mol. The summed E-state index contributed by atoms with van der Waals surface area (Å²) in [7, 11) is 0. The third-order valence-corrected chi connectivity index (χ3v) is 3.16. The standard InChI is InChI=1S/C15H10N2O/c1-10(18)11-6-7-15-13(8-16)12-4-2-3-5-14(12)17(15)9-11/h2-7,9H,1H3. The van der Waals surface area contributed by atoms with E-state index < -0.39 is 0 Å². The van der Waals surface area contributed by atoms with Crippen molar-refractivity contribution in [1.82, 2.24) is 4.40 Å². The van der Waals surface area contributed by atoms with Crippen LogP contribution < -0.4 is 0 Å². The lowest BCUT2D eigenvalue weighted by molar-refractivity contribution is 0.101. The lowest BCUT2D eigenvalue weighted by Crippen LogP contribution is -1.95. The molecular formula is C15H10N2O. The van der Waals surface area contributed by atoms with Crippen LogP contribution >= 0.6 is 0 Å². The van der Waals surface area contributed by atoms with E-state index in [0.29, 0.717) is 11.1 Å². The van der Waals surface area contributed by atoms with E-state index in [0.717, 1.165) is 16.4 Å². The predicted octanol–water partition coefficient (Wildman–Crippen LogP) is 3.17. The van der Waals surface area contributed by atoms with E-state index in [1.54, 1.807) is 12.3 Å². The zero-order valence-electron chi connectivity index (χ0n) is 9.84. The Balaban J connectivity index is 2.53. The number of carbonyl (C=O) groups excluding carboxylic acids is 1. The smallest absolute Gasteiger partial charge is 0.161 e. The summed E-state index contributed by atoms with van der Waals surface area (Å²) in [6.07, 6.45) is 1.79. The molecule has 3 rings (SSSR count). The van der Waals surface area contributed by atoms with Gasteiger partial charge in [-0.25, -0.2) is 0 Å². The Morgan fingerprint density at radius 2 is 1.94 bits per heavy atom. The van der Waals surface area contributed by atoms with E-state index in [2.05, 4.69) is 6.07 Å². The number of fused-ring (bicyclic) bond motifs is 3. The van der Waals surface area contributed by atoms with Gasteiger partial charge in [-0.15, -0.1) is 0 Å². The summed E-state index contributed by atoms with van der Waals surface area (Å²) in [4.78, 5) is 11.4. The van der Waals surface area contributed by atoms with E-state index in [1.165, 1.54) is 6.92 Å². The van der Waals surface area contributed by atoms with Gasteiger partial charge >= 0.3 is 0 Å². The molecule has 0 bridgehead atoms. The first-order chi connectivity index (χ1) is 8.72. The summed E-state index contributed by atoms with van der Waals surface area (Å²) < 4.78 is 1.91. The number of benzene rings is 1. The maximum absolute atomic E-state index is 11.4. The van der Waals surface area contributed by atoms with Gasteiger partial charge in [-0.05, 0) is 25.1 Å². The molecule has 18 heavy (non-hydrogen) atoms. The van der Waals surface area contributed by atoms with Crippen molar-refractivity contribution in [2.24, 2.45) is 0 Å². The van der Waals surface area contributed by atoms with Gasteiger partial charge in [0.15, 0.2) is 5.78 Å². The number of nitrogens with zero attached hydrogens (tertiary/aromatic N) is 2. The largest absolute Gasteiger partial charge is 0.314 e. The molecule has 2 aromatic heterocycles. The molecular weight excluding hydrogens is 224 g/mol. The van der Waals surface area contributed by atoms with Crippen LogP contribution in [0.2, 0.25) is 0 Å². The topological polar surface area (TPSA) is 45.3 Å². The van der Waals surface area contributed by atoms with Crippen LogP contribution in [0.1, 0.15) is 22.8 Å². The van der Waals surface area contributed by atoms with Crippen molar-refractivity contribution in [3.63, 3.8) is 0 Å². The minimum Gasteiger partial charge on any atom is -0.314 e. The molecule has 1 aromatic carbocycles. The molecule has 86 valence electrons. The first-order valence-corrected chi connectivity index (χ1v) is 5.66. The first kappa shape index (κ1) is 10.5. The van der Waals surface area contributed by atoms with Crippen molar-refractivity contribution in [2.45, 2.75) is 6.92 Å². The van der Waals surface area contributed by atoms with Crippen molar-refractivity contribution in [3.05, 3.63) is 53.7 Å². The molecule has 0 saturated heterocycles. The number of Topliss-reactive ketones (excluding diaryl/α,β-unsaturated/α-hetero) is 1. The van der Waals surface area contributed by atoms with Crippen LogP contribution in [-0.4, -0.2) is 10.2 Å². The number of ketones is 1. The lowest BCUT2D eigenvalue weighted by atomic mass is 10.1. The van der Waals surface area contributed by atoms with E-state index in [9.17, 15) is 10.1 Å². The molecule has 0 fully saturated rings. The number of aromatic nitrogens is 1. The van der Waals surface area contributed by atoms with Crippen LogP contribution in [0.5, 0.6) is 0 Å². The van der Waals surface area contributed by atoms with E-state index >= 15 is 0 Å². The van der Waals surface area contributed by atoms with Crippen molar-refractivity contribution >= 4 is 22.2 Å². The molecule has 3 nitrogen and oxygen atoms in total. The van der Waals surface area contributed by atoms with E-state index in [-0.39, 0.29) is 5.78 Å². The molecule has 2 heterocycles. The van der Waals surface area contributed by atoms with Crippen molar-refractivity contribution < 1.29 is 4.79 Å². The third kappa shape index (κ3) is 1.33. The average Bonchev–Trinajstić information content (AvgIpc) is 2.71. The number of hydrogen-bond acceptors (Lipinski definition) is 2. The maximum Gasteiger partial charge on any atom is 0.161 e. The molecule has 0 spiro atoms. The molecule has 0 amide bonds. The molecule has 0 aliphatic rings. The van der Waals surface area contributed by atoms with E-state index in [1.807, 2.05) is 34.7 Å². The van der Waals surface area contributed by atoms with Crippen LogP contribution in [0.3, 0.4) is 0 Å². The molecule has 3 aromatic rings. The van der Waals surface area contributed by atoms with Gasteiger partial charge < -0.3 is 4.40 Å².